The van der Waals surface area contributed by atoms with Crippen molar-refractivity contribution in [3.05, 3.63) is 69.2 Å². The van der Waals surface area contributed by atoms with E-state index in [1.54, 1.807) is 19.1 Å². The second-order valence-corrected chi connectivity index (χ2v) is 9.48. The van der Waals surface area contributed by atoms with Crippen LogP contribution in [0.15, 0.2) is 58.5 Å². The summed E-state index contributed by atoms with van der Waals surface area (Å²) in [4.78, 5) is 22.9. The molecular formula is C20H21ClN4O5S. The highest BCUT2D eigenvalue weighted by molar-refractivity contribution is 7.89. The summed E-state index contributed by atoms with van der Waals surface area (Å²) in [6.07, 6.45) is 0.759. The van der Waals surface area contributed by atoms with Crippen molar-refractivity contribution in [3.8, 4) is 0 Å². The maximum atomic E-state index is 12.7. The first-order valence-corrected chi connectivity index (χ1v) is 11.3. The van der Waals surface area contributed by atoms with Gasteiger partial charge >= 0.3 is 0 Å². The number of hydrogen-bond acceptors (Lipinski definition) is 6. The Morgan fingerprint density at radius 1 is 1.13 bits per heavy atom. The van der Waals surface area contributed by atoms with Gasteiger partial charge in [-0.15, -0.1) is 0 Å². The van der Waals surface area contributed by atoms with Gasteiger partial charge in [0.2, 0.25) is 15.9 Å². The van der Waals surface area contributed by atoms with Gasteiger partial charge in [0, 0.05) is 36.2 Å². The van der Waals surface area contributed by atoms with Crippen molar-refractivity contribution in [2.45, 2.75) is 24.7 Å². The van der Waals surface area contributed by atoms with E-state index in [2.05, 4.69) is 10.5 Å². The van der Waals surface area contributed by atoms with E-state index in [1.165, 1.54) is 40.7 Å². The number of nitro groups is 1. The summed E-state index contributed by atoms with van der Waals surface area (Å²) in [6.45, 7) is 2.14. The molecule has 164 valence electrons. The predicted octanol–water partition coefficient (Wildman–Crippen LogP) is 3.19. The maximum absolute atomic E-state index is 12.7. The molecule has 1 heterocycles. The van der Waals surface area contributed by atoms with Crippen LogP contribution in [0.2, 0.25) is 5.02 Å². The maximum Gasteiger partial charge on any atom is 0.269 e. The summed E-state index contributed by atoms with van der Waals surface area (Å²) < 4.78 is 26.8. The highest BCUT2D eigenvalue weighted by Gasteiger charge is 2.32. The number of piperidine rings is 1. The van der Waals surface area contributed by atoms with Crippen molar-refractivity contribution < 1.29 is 18.1 Å². The number of nitro benzene ring substituents is 1. The molecule has 9 nitrogen and oxygen atoms in total. The minimum absolute atomic E-state index is 0.0269. The highest BCUT2D eigenvalue weighted by Crippen LogP contribution is 2.25. The Balaban J connectivity index is 1.56. The number of hydrogen-bond donors (Lipinski definition) is 1. The Bertz CT molecular complexity index is 1090. The average Bonchev–Trinajstić information content (AvgIpc) is 2.77. The fraction of sp³-hybridized carbons (Fsp3) is 0.300. The number of nitrogens with one attached hydrogen (secondary N) is 1. The van der Waals surface area contributed by atoms with Crippen LogP contribution in [-0.2, 0) is 14.8 Å². The third kappa shape index (κ3) is 5.46. The van der Waals surface area contributed by atoms with Gasteiger partial charge in [0.05, 0.1) is 15.5 Å². The molecule has 0 radical (unpaired) electrons. The molecule has 1 fully saturated rings. The third-order valence-electron chi connectivity index (χ3n) is 5.11. The number of benzene rings is 2. The van der Waals surface area contributed by atoms with Gasteiger partial charge in [-0.2, -0.15) is 9.41 Å². The van der Waals surface area contributed by atoms with Gasteiger partial charge in [0.15, 0.2) is 0 Å². The molecule has 1 saturated heterocycles. The van der Waals surface area contributed by atoms with Crippen LogP contribution < -0.4 is 5.43 Å². The summed E-state index contributed by atoms with van der Waals surface area (Å²) in [6, 6.07) is 11.8. The number of non-ortho nitro benzene ring substituents is 1. The second kappa shape index (κ2) is 9.54. The molecule has 0 spiro atoms. The smallest absolute Gasteiger partial charge is 0.269 e. The van der Waals surface area contributed by atoms with E-state index in [0.29, 0.717) is 29.1 Å². The Kier molecular flexibility index (Phi) is 7.04. The number of hydrazone groups is 1. The molecule has 1 N–H and O–H groups in total. The van der Waals surface area contributed by atoms with E-state index in [4.69, 9.17) is 11.6 Å². The summed E-state index contributed by atoms with van der Waals surface area (Å²) in [7, 11) is -3.63. The molecule has 0 bridgehead atoms. The lowest BCUT2D eigenvalue weighted by atomic mass is 9.98. The topological polar surface area (TPSA) is 122 Å². The molecule has 31 heavy (non-hydrogen) atoms. The Morgan fingerprint density at radius 3 is 2.26 bits per heavy atom. The fourth-order valence-electron chi connectivity index (χ4n) is 3.23. The van der Waals surface area contributed by atoms with Gasteiger partial charge in [-0.05, 0) is 61.7 Å². The monoisotopic (exact) mass is 464 g/mol. The molecule has 0 atom stereocenters. The quantitative estimate of drug-likeness (QED) is 0.399. The van der Waals surface area contributed by atoms with Crippen LogP contribution in [-0.4, -0.2) is 42.4 Å². The molecule has 1 amide bonds. The largest absolute Gasteiger partial charge is 0.273 e. The molecule has 1 aliphatic rings. The average molecular weight is 465 g/mol. The van der Waals surface area contributed by atoms with Crippen molar-refractivity contribution >= 4 is 38.9 Å². The third-order valence-corrected chi connectivity index (χ3v) is 7.27. The molecule has 0 saturated carbocycles. The lowest BCUT2D eigenvalue weighted by Crippen LogP contribution is -2.42. The minimum Gasteiger partial charge on any atom is -0.273 e. The fourth-order valence-corrected chi connectivity index (χ4v) is 4.83. The molecule has 1 aliphatic heterocycles. The van der Waals surface area contributed by atoms with Crippen LogP contribution in [0.25, 0.3) is 0 Å². The lowest BCUT2D eigenvalue weighted by Gasteiger charge is -2.30. The van der Waals surface area contributed by atoms with Gasteiger partial charge in [0.1, 0.15) is 0 Å². The molecule has 2 aromatic rings. The van der Waals surface area contributed by atoms with E-state index in [-0.39, 0.29) is 35.5 Å². The lowest BCUT2D eigenvalue weighted by molar-refractivity contribution is -0.384. The number of halogens is 1. The van der Waals surface area contributed by atoms with Crippen molar-refractivity contribution in [1.82, 2.24) is 9.73 Å². The second-order valence-electron chi connectivity index (χ2n) is 7.11. The van der Waals surface area contributed by atoms with Crippen LogP contribution in [0.1, 0.15) is 25.3 Å². The van der Waals surface area contributed by atoms with Gasteiger partial charge in [-0.25, -0.2) is 13.8 Å². The van der Waals surface area contributed by atoms with E-state index >= 15 is 0 Å². The van der Waals surface area contributed by atoms with Gasteiger partial charge < -0.3 is 0 Å². The molecular weight excluding hydrogens is 444 g/mol. The first kappa shape index (κ1) is 22.9. The van der Waals surface area contributed by atoms with Crippen LogP contribution in [0.5, 0.6) is 0 Å². The SMILES string of the molecule is C/C(=N/NC(=O)C1CCN(S(=O)(=O)c2ccc(Cl)cc2)CC1)c1ccc([N+](=O)[O-])cc1. The predicted molar refractivity (Wildman–Crippen MR) is 116 cm³/mol. The molecule has 3 rings (SSSR count). The highest BCUT2D eigenvalue weighted by atomic mass is 35.5. The summed E-state index contributed by atoms with van der Waals surface area (Å²) >= 11 is 5.82. The number of carbonyl (C=O) groups excluding carboxylic acids is 1. The van der Waals surface area contributed by atoms with E-state index in [9.17, 15) is 23.3 Å². The molecule has 0 unspecified atom stereocenters. The van der Waals surface area contributed by atoms with Crippen LogP contribution in [0, 0.1) is 16.0 Å². The van der Waals surface area contributed by atoms with Crippen molar-refractivity contribution in [3.63, 3.8) is 0 Å². The summed E-state index contributed by atoms with van der Waals surface area (Å²) in [5.74, 6) is -0.644. The van der Waals surface area contributed by atoms with Crippen molar-refractivity contribution in [1.29, 1.82) is 0 Å². The van der Waals surface area contributed by atoms with Crippen molar-refractivity contribution in [2.24, 2.45) is 11.0 Å². The van der Waals surface area contributed by atoms with Gasteiger partial charge in [-0.1, -0.05) is 11.6 Å². The summed E-state index contributed by atoms with van der Waals surface area (Å²) in [5, 5.41) is 15.3. The normalized spacial score (nSPS) is 16.1. The van der Waals surface area contributed by atoms with Crippen LogP contribution in [0.4, 0.5) is 5.69 Å². The summed E-state index contributed by atoms with van der Waals surface area (Å²) in [5.41, 5.74) is 3.64. The van der Waals surface area contributed by atoms with Gasteiger partial charge in [0.25, 0.3) is 5.69 Å². The van der Waals surface area contributed by atoms with Crippen molar-refractivity contribution in [2.75, 3.05) is 13.1 Å². The van der Waals surface area contributed by atoms with Crippen LogP contribution in [0.3, 0.4) is 0 Å². The van der Waals surface area contributed by atoms with Crippen LogP contribution >= 0.6 is 11.6 Å². The van der Waals surface area contributed by atoms with E-state index in [0.717, 1.165) is 0 Å². The Hall–Kier alpha value is -2.82. The first-order valence-electron chi connectivity index (χ1n) is 9.53. The number of nitrogens with zero attached hydrogens (tertiary/aromatic N) is 3. The first-order chi connectivity index (χ1) is 14.7. The number of carbonyl (C=O) groups is 1. The molecule has 2 aromatic carbocycles. The zero-order valence-electron chi connectivity index (χ0n) is 16.7. The Labute approximate surface area is 184 Å². The molecule has 0 aromatic heterocycles. The molecule has 11 heteroatoms. The number of sulfonamides is 1. The van der Waals surface area contributed by atoms with E-state index in [1.807, 2.05) is 0 Å². The zero-order valence-corrected chi connectivity index (χ0v) is 18.3. The molecule has 0 aliphatic carbocycles. The number of amides is 1. The van der Waals surface area contributed by atoms with E-state index < -0.39 is 14.9 Å². The Morgan fingerprint density at radius 2 is 1.71 bits per heavy atom. The van der Waals surface area contributed by atoms with Gasteiger partial charge in [-0.3, -0.25) is 14.9 Å². The number of rotatable bonds is 6. The zero-order chi connectivity index (χ0) is 22.6. The minimum atomic E-state index is -3.63. The standard InChI is InChI=1S/C20H21ClN4O5S/c1-14(15-2-6-18(7-3-15)25(27)28)22-23-20(26)16-10-12-24(13-11-16)31(29,30)19-8-4-17(21)5-9-19/h2-9,16H,10-13H2,1H3,(H,23,26)/b22-14-.